The SMILES string of the molecule is Nc1ccncc1C(=O)c1cc(F)ccc1C(F)(F)F. The summed E-state index contributed by atoms with van der Waals surface area (Å²) in [5, 5.41) is 0. The molecule has 3 nitrogen and oxygen atoms in total. The van der Waals surface area contributed by atoms with Crippen LogP contribution in [0.5, 0.6) is 0 Å². The van der Waals surface area contributed by atoms with Crippen molar-refractivity contribution in [2.24, 2.45) is 0 Å². The number of anilines is 1. The predicted octanol–water partition coefficient (Wildman–Crippen LogP) is 3.05. The summed E-state index contributed by atoms with van der Waals surface area (Å²) in [6.07, 6.45) is -2.43. The molecule has 2 rings (SSSR count). The zero-order chi connectivity index (χ0) is 14.9. The highest BCUT2D eigenvalue weighted by Crippen LogP contribution is 2.33. The third kappa shape index (κ3) is 2.61. The van der Waals surface area contributed by atoms with Crippen LogP contribution in [0.15, 0.2) is 36.7 Å². The number of carbonyl (C=O) groups excluding carboxylic acids is 1. The van der Waals surface area contributed by atoms with Gasteiger partial charge in [0.15, 0.2) is 5.78 Å². The smallest absolute Gasteiger partial charge is 0.398 e. The molecular formula is C13H8F4N2O. The van der Waals surface area contributed by atoms with Crippen molar-refractivity contribution < 1.29 is 22.4 Å². The number of pyridine rings is 1. The van der Waals surface area contributed by atoms with Crippen LogP contribution in [-0.2, 0) is 6.18 Å². The number of benzene rings is 1. The van der Waals surface area contributed by atoms with E-state index in [9.17, 15) is 22.4 Å². The van der Waals surface area contributed by atoms with Gasteiger partial charge in [0.05, 0.1) is 11.1 Å². The molecule has 2 N–H and O–H groups in total. The monoisotopic (exact) mass is 284 g/mol. The van der Waals surface area contributed by atoms with Gasteiger partial charge in [-0.3, -0.25) is 9.78 Å². The van der Waals surface area contributed by atoms with Crippen molar-refractivity contribution in [2.45, 2.75) is 6.18 Å². The van der Waals surface area contributed by atoms with Crippen LogP contribution in [0.1, 0.15) is 21.5 Å². The van der Waals surface area contributed by atoms with Gasteiger partial charge in [-0.1, -0.05) is 0 Å². The number of nitrogens with two attached hydrogens (primary N) is 1. The first-order valence-electron chi connectivity index (χ1n) is 5.41. The zero-order valence-corrected chi connectivity index (χ0v) is 9.91. The topological polar surface area (TPSA) is 56.0 Å². The highest BCUT2D eigenvalue weighted by molar-refractivity contribution is 6.12. The first kappa shape index (κ1) is 14.0. The fraction of sp³-hybridized carbons (Fsp3) is 0.0769. The number of hydrogen-bond acceptors (Lipinski definition) is 3. The Kier molecular flexibility index (Phi) is 3.44. The highest BCUT2D eigenvalue weighted by Gasteiger charge is 2.35. The van der Waals surface area contributed by atoms with Gasteiger partial charge in [0, 0.05) is 23.6 Å². The van der Waals surface area contributed by atoms with E-state index in [0.29, 0.717) is 18.2 Å². The lowest BCUT2D eigenvalue weighted by Crippen LogP contribution is -2.15. The number of aromatic nitrogens is 1. The molecule has 0 saturated heterocycles. The van der Waals surface area contributed by atoms with Crippen LogP contribution in [0.4, 0.5) is 23.2 Å². The molecule has 2 aromatic rings. The average molecular weight is 284 g/mol. The number of nitrogens with zero attached hydrogens (tertiary/aromatic N) is 1. The second-order valence-corrected chi connectivity index (χ2v) is 3.98. The summed E-state index contributed by atoms with van der Waals surface area (Å²) in [6, 6.07) is 2.98. The number of hydrogen-bond donors (Lipinski definition) is 1. The maximum atomic E-state index is 13.1. The van der Waals surface area contributed by atoms with Gasteiger partial charge in [-0.25, -0.2) is 4.39 Å². The van der Waals surface area contributed by atoms with Crippen LogP contribution >= 0.6 is 0 Å². The van der Waals surface area contributed by atoms with Crippen molar-refractivity contribution in [3.8, 4) is 0 Å². The van der Waals surface area contributed by atoms with Crippen LogP contribution in [0.25, 0.3) is 0 Å². The molecule has 104 valence electrons. The maximum absolute atomic E-state index is 13.1. The Morgan fingerprint density at radius 3 is 2.45 bits per heavy atom. The quantitative estimate of drug-likeness (QED) is 0.681. The Labute approximate surface area is 111 Å². The molecule has 0 fully saturated rings. The van der Waals surface area contributed by atoms with Crippen LogP contribution in [-0.4, -0.2) is 10.8 Å². The molecular weight excluding hydrogens is 276 g/mol. The third-order valence-electron chi connectivity index (χ3n) is 2.63. The summed E-state index contributed by atoms with van der Waals surface area (Å²) < 4.78 is 51.7. The number of carbonyl (C=O) groups is 1. The van der Waals surface area contributed by atoms with E-state index in [-0.39, 0.29) is 11.3 Å². The summed E-state index contributed by atoms with van der Waals surface area (Å²) in [5.41, 5.74) is 3.28. The molecule has 0 aliphatic heterocycles. The second kappa shape index (κ2) is 4.92. The average Bonchev–Trinajstić information content (AvgIpc) is 2.37. The molecule has 1 aromatic carbocycles. The second-order valence-electron chi connectivity index (χ2n) is 3.98. The fourth-order valence-corrected chi connectivity index (χ4v) is 1.69. The molecule has 1 heterocycles. The van der Waals surface area contributed by atoms with E-state index in [0.717, 1.165) is 6.20 Å². The maximum Gasteiger partial charge on any atom is 0.417 e. The molecule has 0 aliphatic carbocycles. The number of rotatable bonds is 2. The van der Waals surface area contributed by atoms with Gasteiger partial charge < -0.3 is 5.73 Å². The number of halogens is 4. The van der Waals surface area contributed by atoms with Gasteiger partial charge in [-0.05, 0) is 24.3 Å². The fourth-order valence-electron chi connectivity index (χ4n) is 1.69. The molecule has 0 saturated carbocycles. The summed E-state index contributed by atoms with van der Waals surface area (Å²) in [4.78, 5) is 15.7. The van der Waals surface area contributed by atoms with Crippen molar-refractivity contribution in [1.29, 1.82) is 0 Å². The van der Waals surface area contributed by atoms with Gasteiger partial charge in [-0.2, -0.15) is 13.2 Å². The lowest BCUT2D eigenvalue weighted by molar-refractivity contribution is -0.137. The van der Waals surface area contributed by atoms with Crippen molar-refractivity contribution in [3.63, 3.8) is 0 Å². The minimum atomic E-state index is -4.77. The molecule has 0 aliphatic rings. The van der Waals surface area contributed by atoms with E-state index < -0.39 is 28.9 Å². The van der Waals surface area contributed by atoms with Gasteiger partial charge in [0.25, 0.3) is 0 Å². The van der Waals surface area contributed by atoms with Gasteiger partial charge >= 0.3 is 6.18 Å². The summed E-state index contributed by atoms with van der Waals surface area (Å²) in [7, 11) is 0. The molecule has 7 heteroatoms. The van der Waals surface area contributed by atoms with E-state index in [2.05, 4.69) is 4.98 Å². The number of alkyl halides is 3. The number of nitrogen functional groups attached to an aromatic ring is 1. The van der Waals surface area contributed by atoms with Crippen molar-refractivity contribution >= 4 is 11.5 Å². The molecule has 0 spiro atoms. The molecule has 0 amide bonds. The van der Waals surface area contributed by atoms with E-state index in [1.165, 1.54) is 12.3 Å². The van der Waals surface area contributed by atoms with Crippen molar-refractivity contribution in [1.82, 2.24) is 4.98 Å². The molecule has 0 bridgehead atoms. The Balaban J connectivity index is 2.61. The van der Waals surface area contributed by atoms with Crippen LogP contribution in [0.2, 0.25) is 0 Å². The lowest BCUT2D eigenvalue weighted by atomic mass is 9.98. The van der Waals surface area contributed by atoms with E-state index >= 15 is 0 Å². The first-order chi connectivity index (χ1) is 9.30. The number of ketones is 1. The van der Waals surface area contributed by atoms with Crippen LogP contribution in [0.3, 0.4) is 0 Å². The minimum Gasteiger partial charge on any atom is -0.398 e. The Morgan fingerprint density at radius 1 is 1.15 bits per heavy atom. The Bertz CT molecular complexity index is 668. The van der Waals surface area contributed by atoms with E-state index in [1.807, 2.05) is 0 Å². The molecule has 0 unspecified atom stereocenters. The van der Waals surface area contributed by atoms with Gasteiger partial charge in [0.2, 0.25) is 0 Å². The lowest BCUT2D eigenvalue weighted by Gasteiger charge is -2.12. The summed E-state index contributed by atoms with van der Waals surface area (Å²) in [6.45, 7) is 0. The van der Waals surface area contributed by atoms with Crippen LogP contribution in [0, 0.1) is 5.82 Å². The first-order valence-corrected chi connectivity index (χ1v) is 5.41. The highest BCUT2D eigenvalue weighted by atomic mass is 19.4. The van der Waals surface area contributed by atoms with Crippen LogP contribution < -0.4 is 5.73 Å². The third-order valence-corrected chi connectivity index (χ3v) is 2.63. The standard InChI is InChI=1S/C13H8F4N2O/c14-7-1-2-10(13(15,16)17)8(5-7)12(20)9-6-19-4-3-11(9)18/h1-6H,(H2,18,19). The molecule has 0 atom stereocenters. The normalized spacial score (nSPS) is 11.4. The molecule has 0 radical (unpaired) electrons. The van der Waals surface area contributed by atoms with Crippen molar-refractivity contribution in [2.75, 3.05) is 5.73 Å². The van der Waals surface area contributed by atoms with Gasteiger partial charge in [-0.15, -0.1) is 0 Å². The minimum absolute atomic E-state index is 0.0256. The van der Waals surface area contributed by atoms with E-state index in [1.54, 1.807) is 0 Å². The van der Waals surface area contributed by atoms with E-state index in [4.69, 9.17) is 5.73 Å². The van der Waals surface area contributed by atoms with Gasteiger partial charge in [0.1, 0.15) is 5.82 Å². The zero-order valence-electron chi connectivity index (χ0n) is 9.91. The summed E-state index contributed by atoms with van der Waals surface area (Å²) in [5.74, 6) is -1.97. The predicted molar refractivity (Wildman–Crippen MR) is 63.5 cm³/mol. The Hall–Kier alpha value is -2.44. The Morgan fingerprint density at radius 2 is 1.85 bits per heavy atom. The molecule has 20 heavy (non-hydrogen) atoms. The summed E-state index contributed by atoms with van der Waals surface area (Å²) >= 11 is 0. The molecule has 1 aromatic heterocycles. The van der Waals surface area contributed by atoms with Crippen molar-refractivity contribution in [3.05, 3.63) is 59.2 Å². The largest absolute Gasteiger partial charge is 0.417 e.